The molecule has 4 N–H and O–H groups in total. The molecule has 0 fully saturated rings. The number of carbonyl (C=O) groups excluding carboxylic acids is 4. The lowest BCUT2D eigenvalue weighted by Crippen LogP contribution is -2.46. The Balaban J connectivity index is 5.11. The molecule has 0 aliphatic carbocycles. The first-order chi connectivity index (χ1) is 16.7. The van der Waals surface area contributed by atoms with Gasteiger partial charge in [0.25, 0.3) is 0 Å². The van der Waals surface area contributed by atoms with Gasteiger partial charge in [0.1, 0.15) is 22.8 Å². The summed E-state index contributed by atoms with van der Waals surface area (Å²) in [5, 5.41) is 16.8. The monoisotopic (exact) mass is 532 g/mol. The van der Waals surface area contributed by atoms with Crippen molar-refractivity contribution in [2.45, 2.75) is 98.0 Å². The quantitative estimate of drug-likeness (QED) is 0.292. The van der Waals surface area contributed by atoms with Crippen LogP contribution in [0.25, 0.3) is 0 Å². The number of rotatable bonds is 11. The summed E-state index contributed by atoms with van der Waals surface area (Å²) in [6.45, 7) is 15.5. The van der Waals surface area contributed by atoms with Gasteiger partial charge in [-0.25, -0.2) is 19.2 Å². The molecule has 0 aliphatic rings. The zero-order chi connectivity index (χ0) is 29.0. The first kappa shape index (κ1) is 33.8. The summed E-state index contributed by atoms with van der Waals surface area (Å²) in [6, 6.07) is -1.35. The van der Waals surface area contributed by atoms with Crippen LogP contribution in [0.2, 0.25) is 0 Å². The summed E-state index contributed by atoms with van der Waals surface area (Å²) in [5.74, 6) is -1.75. The van der Waals surface area contributed by atoms with Crippen LogP contribution in [0, 0.1) is 0 Å². The van der Waals surface area contributed by atoms with Gasteiger partial charge in [-0.1, -0.05) is 0 Å². The maximum absolute atomic E-state index is 12.9. The standard InChI is InChI=1S/C24H44N4O9/c1-22(2,3)35-19(32)25-12-14-28(15-13-26-20(33)36-23(4,5)6)17(29)11-10-16(18(30)31)27-21(34)37-24(7,8)9/h16H,10-15H2,1-9H3,(H,25,32)(H,26,33)(H,27,34)(H,30,31)/t16-/m1/s1. The van der Waals surface area contributed by atoms with Gasteiger partial charge in [-0.3, -0.25) is 4.79 Å². The molecule has 0 aliphatic heterocycles. The molecule has 0 saturated heterocycles. The van der Waals surface area contributed by atoms with E-state index in [4.69, 9.17) is 14.2 Å². The van der Waals surface area contributed by atoms with Crippen molar-refractivity contribution in [3.63, 3.8) is 0 Å². The van der Waals surface area contributed by atoms with Gasteiger partial charge in [0.2, 0.25) is 5.91 Å². The summed E-state index contributed by atoms with van der Waals surface area (Å²) in [4.78, 5) is 61.6. The van der Waals surface area contributed by atoms with Crippen molar-refractivity contribution >= 4 is 30.2 Å². The fraction of sp³-hybridized carbons (Fsp3) is 0.792. The van der Waals surface area contributed by atoms with Crippen molar-refractivity contribution in [1.29, 1.82) is 0 Å². The molecule has 13 nitrogen and oxygen atoms in total. The van der Waals surface area contributed by atoms with E-state index >= 15 is 0 Å². The Morgan fingerprint density at radius 1 is 0.703 bits per heavy atom. The molecule has 0 aromatic rings. The Morgan fingerprint density at radius 3 is 1.43 bits per heavy atom. The number of carboxylic acid groups (broad SMARTS) is 1. The minimum absolute atomic E-state index is 0.0611. The van der Waals surface area contributed by atoms with E-state index in [1.165, 1.54) is 4.90 Å². The van der Waals surface area contributed by atoms with Gasteiger partial charge in [-0.15, -0.1) is 0 Å². The number of hydrogen-bond acceptors (Lipinski definition) is 8. The molecular weight excluding hydrogens is 488 g/mol. The Bertz CT molecular complexity index is 762. The van der Waals surface area contributed by atoms with Crippen LogP contribution in [0.1, 0.15) is 75.2 Å². The molecule has 0 heterocycles. The zero-order valence-electron chi connectivity index (χ0n) is 23.5. The number of amides is 4. The van der Waals surface area contributed by atoms with Crippen molar-refractivity contribution in [2.75, 3.05) is 26.2 Å². The third-order valence-electron chi connectivity index (χ3n) is 4.09. The number of aliphatic carboxylic acids is 1. The second-order valence-electron chi connectivity index (χ2n) is 11.3. The second-order valence-corrected chi connectivity index (χ2v) is 11.3. The van der Waals surface area contributed by atoms with Crippen LogP contribution in [0.15, 0.2) is 0 Å². The normalized spacial score (nSPS) is 12.6. The molecule has 0 saturated carbocycles. The van der Waals surface area contributed by atoms with Gasteiger partial charge in [-0.2, -0.15) is 0 Å². The molecule has 0 unspecified atom stereocenters. The molecule has 0 aromatic carbocycles. The molecule has 0 rings (SSSR count). The summed E-state index contributed by atoms with van der Waals surface area (Å²) >= 11 is 0. The SMILES string of the molecule is CC(C)(C)OC(=O)NCCN(CCNC(=O)OC(C)(C)C)C(=O)CC[C@@H](NC(=O)OC(C)(C)C)C(=O)O. The van der Waals surface area contributed by atoms with Gasteiger partial charge in [-0.05, 0) is 68.7 Å². The van der Waals surface area contributed by atoms with Gasteiger partial charge in [0, 0.05) is 32.6 Å². The van der Waals surface area contributed by atoms with Crippen LogP contribution in [0.3, 0.4) is 0 Å². The Morgan fingerprint density at radius 2 is 1.08 bits per heavy atom. The number of nitrogens with one attached hydrogen (secondary N) is 3. The molecular formula is C24H44N4O9. The van der Waals surface area contributed by atoms with Crippen LogP contribution in [-0.2, 0) is 23.8 Å². The van der Waals surface area contributed by atoms with Crippen molar-refractivity contribution in [1.82, 2.24) is 20.9 Å². The topological polar surface area (TPSA) is 173 Å². The van der Waals surface area contributed by atoms with Gasteiger partial charge >= 0.3 is 24.2 Å². The summed E-state index contributed by atoms with van der Waals surface area (Å²) in [7, 11) is 0. The van der Waals surface area contributed by atoms with E-state index in [-0.39, 0.29) is 39.0 Å². The Kier molecular flexibility index (Phi) is 13.2. The van der Waals surface area contributed by atoms with Gasteiger partial charge in [0.05, 0.1) is 0 Å². The lowest BCUT2D eigenvalue weighted by Gasteiger charge is -2.26. The maximum Gasteiger partial charge on any atom is 0.408 e. The van der Waals surface area contributed by atoms with Crippen LogP contribution >= 0.6 is 0 Å². The largest absolute Gasteiger partial charge is 0.480 e. The van der Waals surface area contributed by atoms with Crippen molar-refractivity contribution in [3.8, 4) is 0 Å². The minimum atomic E-state index is -1.35. The smallest absolute Gasteiger partial charge is 0.408 e. The minimum Gasteiger partial charge on any atom is -0.480 e. The average molecular weight is 533 g/mol. The molecule has 4 amide bonds. The molecule has 13 heteroatoms. The third-order valence-corrected chi connectivity index (χ3v) is 4.09. The lowest BCUT2D eigenvalue weighted by molar-refractivity contribution is -0.140. The lowest BCUT2D eigenvalue weighted by atomic mass is 10.1. The number of carbonyl (C=O) groups is 5. The van der Waals surface area contributed by atoms with Gasteiger partial charge < -0.3 is 40.2 Å². The second kappa shape index (κ2) is 14.5. The van der Waals surface area contributed by atoms with Crippen molar-refractivity contribution in [2.24, 2.45) is 0 Å². The highest BCUT2D eigenvalue weighted by Gasteiger charge is 2.26. The summed E-state index contributed by atoms with van der Waals surface area (Å²) in [5.41, 5.74) is -2.20. The molecule has 0 radical (unpaired) electrons. The van der Waals surface area contributed by atoms with E-state index in [9.17, 15) is 29.1 Å². The fourth-order valence-corrected chi connectivity index (χ4v) is 2.71. The number of ether oxygens (including phenoxy) is 3. The van der Waals surface area contributed by atoms with E-state index in [0.29, 0.717) is 0 Å². The summed E-state index contributed by atoms with van der Waals surface area (Å²) < 4.78 is 15.4. The van der Waals surface area contributed by atoms with E-state index in [2.05, 4.69) is 16.0 Å². The zero-order valence-corrected chi connectivity index (χ0v) is 23.5. The molecule has 214 valence electrons. The van der Waals surface area contributed by atoms with E-state index < -0.39 is 53.0 Å². The van der Waals surface area contributed by atoms with Crippen molar-refractivity contribution in [3.05, 3.63) is 0 Å². The van der Waals surface area contributed by atoms with Crippen LogP contribution in [-0.4, -0.2) is 89.2 Å². The highest BCUT2D eigenvalue weighted by atomic mass is 16.6. The molecule has 37 heavy (non-hydrogen) atoms. The molecule has 0 bridgehead atoms. The fourth-order valence-electron chi connectivity index (χ4n) is 2.71. The predicted molar refractivity (Wildman–Crippen MR) is 135 cm³/mol. The summed E-state index contributed by atoms with van der Waals surface area (Å²) in [6.07, 6.45) is -2.62. The predicted octanol–water partition coefficient (Wildman–Crippen LogP) is 2.62. The first-order valence-corrected chi connectivity index (χ1v) is 12.1. The third kappa shape index (κ3) is 18.6. The average Bonchev–Trinajstić information content (AvgIpc) is 2.65. The van der Waals surface area contributed by atoms with E-state index in [1.807, 2.05) is 0 Å². The van der Waals surface area contributed by atoms with Crippen LogP contribution in [0.4, 0.5) is 14.4 Å². The number of hydrogen-bond donors (Lipinski definition) is 4. The Hall–Kier alpha value is -3.25. The number of nitrogens with zero attached hydrogens (tertiary/aromatic N) is 1. The van der Waals surface area contributed by atoms with E-state index in [1.54, 1.807) is 62.3 Å². The molecule has 1 atom stereocenters. The van der Waals surface area contributed by atoms with E-state index in [0.717, 1.165) is 0 Å². The van der Waals surface area contributed by atoms with Crippen LogP contribution in [0.5, 0.6) is 0 Å². The van der Waals surface area contributed by atoms with Crippen molar-refractivity contribution < 1.29 is 43.3 Å². The first-order valence-electron chi connectivity index (χ1n) is 12.1. The number of alkyl carbamates (subject to hydrolysis) is 3. The Labute approximate surface area is 218 Å². The molecule has 0 spiro atoms. The van der Waals surface area contributed by atoms with Gasteiger partial charge in [0.15, 0.2) is 0 Å². The molecule has 0 aromatic heterocycles. The van der Waals surface area contributed by atoms with Crippen LogP contribution < -0.4 is 16.0 Å². The highest BCUT2D eigenvalue weighted by molar-refractivity contribution is 5.82. The maximum atomic E-state index is 12.9. The highest BCUT2D eigenvalue weighted by Crippen LogP contribution is 2.10. The number of carboxylic acids is 1.